The minimum atomic E-state index is -0.702. The lowest BCUT2D eigenvalue weighted by Crippen LogP contribution is -2.37. The SMILES string of the molecule is COc1cccc(-n2c(O)cc(=O)n(-c3cccc(OC)c3)c2=O)c1. The van der Waals surface area contributed by atoms with Crippen LogP contribution in [0.15, 0.2) is 64.2 Å². The molecule has 0 amide bonds. The minimum absolute atomic E-state index is 0.339. The molecule has 0 spiro atoms. The molecule has 3 rings (SSSR count). The van der Waals surface area contributed by atoms with Crippen LogP contribution in [0.1, 0.15) is 0 Å². The van der Waals surface area contributed by atoms with Gasteiger partial charge in [-0.05, 0) is 24.3 Å². The molecule has 0 aliphatic rings. The number of hydrogen-bond donors (Lipinski definition) is 1. The van der Waals surface area contributed by atoms with Gasteiger partial charge in [-0.25, -0.2) is 13.9 Å². The standard InChI is InChI=1S/C18H16N2O5/c1-24-14-7-3-5-12(9-14)19-16(21)11-17(22)20(18(19)23)13-6-4-8-15(10-13)25-2/h3-11,21H,1-2H3. The van der Waals surface area contributed by atoms with E-state index in [2.05, 4.69) is 0 Å². The molecule has 1 heterocycles. The summed E-state index contributed by atoms with van der Waals surface area (Å²) in [6, 6.07) is 14.1. The summed E-state index contributed by atoms with van der Waals surface area (Å²) in [5, 5.41) is 10.1. The lowest BCUT2D eigenvalue weighted by Gasteiger charge is -2.13. The first-order chi connectivity index (χ1) is 12.0. The molecule has 1 aromatic heterocycles. The fourth-order valence-corrected chi connectivity index (χ4v) is 2.51. The molecule has 7 heteroatoms. The first-order valence-electron chi connectivity index (χ1n) is 7.42. The second-order valence-corrected chi connectivity index (χ2v) is 5.20. The number of methoxy groups -OCH3 is 2. The highest BCUT2D eigenvalue weighted by Gasteiger charge is 2.14. The normalized spacial score (nSPS) is 10.5. The maximum Gasteiger partial charge on any atom is 0.343 e. The zero-order chi connectivity index (χ0) is 18.0. The molecule has 0 fully saturated rings. The van der Waals surface area contributed by atoms with Gasteiger partial charge in [-0.1, -0.05) is 12.1 Å². The molecule has 128 valence electrons. The van der Waals surface area contributed by atoms with Gasteiger partial charge in [-0.15, -0.1) is 0 Å². The summed E-state index contributed by atoms with van der Waals surface area (Å²) < 4.78 is 12.3. The number of benzene rings is 2. The van der Waals surface area contributed by atoms with Gasteiger partial charge in [-0.3, -0.25) is 4.79 Å². The van der Waals surface area contributed by atoms with E-state index >= 15 is 0 Å². The summed E-state index contributed by atoms with van der Waals surface area (Å²) in [5.41, 5.74) is -0.633. The third-order valence-electron chi connectivity index (χ3n) is 3.71. The fraction of sp³-hybridized carbons (Fsp3) is 0.111. The Morgan fingerprint density at radius 2 is 1.32 bits per heavy atom. The van der Waals surface area contributed by atoms with Crippen LogP contribution in [0.5, 0.6) is 17.4 Å². The van der Waals surface area contributed by atoms with E-state index in [-0.39, 0.29) is 0 Å². The molecule has 7 nitrogen and oxygen atoms in total. The second-order valence-electron chi connectivity index (χ2n) is 5.20. The molecule has 25 heavy (non-hydrogen) atoms. The summed E-state index contributed by atoms with van der Waals surface area (Å²) in [6.45, 7) is 0. The van der Waals surface area contributed by atoms with Gasteiger partial charge in [-0.2, -0.15) is 0 Å². The van der Waals surface area contributed by atoms with Crippen molar-refractivity contribution in [2.75, 3.05) is 14.2 Å². The van der Waals surface area contributed by atoms with Crippen molar-refractivity contribution in [3.8, 4) is 28.8 Å². The first kappa shape index (κ1) is 16.4. The molecule has 2 aromatic carbocycles. The lowest BCUT2D eigenvalue weighted by molar-refractivity contribution is 0.412. The Morgan fingerprint density at radius 3 is 1.84 bits per heavy atom. The molecular weight excluding hydrogens is 324 g/mol. The van der Waals surface area contributed by atoms with Crippen LogP contribution in [0.4, 0.5) is 0 Å². The summed E-state index contributed by atoms with van der Waals surface area (Å²) >= 11 is 0. The van der Waals surface area contributed by atoms with Gasteiger partial charge in [0.05, 0.1) is 31.7 Å². The van der Waals surface area contributed by atoms with E-state index < -0.39 is 17.1 Å². The smallest absolute Gasteiger partial charge is 0.343 e. The maximum absolute atomic E-state index is 12.9. The van der Waals surface area contributed by atoms with E-state index in [1.807, 2.05) is 0 Å². The van der Waals surface area contributed by atoms with Crippen molar-refractivity contribution in [2.24, 2.45) is 0 Å². The van der Waals surface area contributed by atoms with Gasteiger partial charge in [0.1, 0.15) is 11.5 Å². The zero-order valence-corrected chi connectivity index (χ0v) is 13.7. The number of nitrogens with zero attached hydrogens (tertiary/aromatic N) is 2. The van der Waals surface area contributed by atoms with E-state index in [4.69, 9.17) is 9.47 Å². The summed E-state index contributed by atoms with van der Waals surface area (Å²) in [5.74, 6) is 0.565. The highest BCUT2D eigenvalue weighted by molar-refractivity contribution is 5.43. The predicted molar refractivity (Wildman–Crippen MR) is 92.4 cm³/mol. The molecule has 3 aromatic rings. The van der Waals surface area contributed by atoms with E-state index in [0.29, 0.717) is 22.9 Å². The van der Waals surface area contributed by atoms with Crippen molar-refractivity contribution in [3.05, 3.63) is 75.4 Å². The average molecular weight is 340 g/mol. The number of hydrogen-bond acceptors (Lipinski definition) is 5. The highest BCUT2D eigenvalue weighted by Crippen LogP contribution is 2.19. The molecule has 0 aliphatic heterocycles. The van der Waals surface area contributed by atoms with Crippen molar-refractivity contribution in [2.45, 2.75) is 0 Å². The molecule has 0 saturated carbocycles. The van der Waals surface area contributed by atoms with Gasteiger partial charge < -0.3 is 14.6 Å². The summed E-state index contributed by atoms with van der Waals surface area (Å²) in [4.78, 5) is 25.2. The van der Waals surface area contributed by atoms with Gasteiger partial charge in [0, 0.05) is 12.1 Å². The molecule has 0 aliphatic carbocycles. The number of aromatic hydroxyl groups is 1. The van der Waals surface area contributed by atoms with Crippen molar-refractivity contribution in [1.82, 2.24) is 9.13 Å². The van der Waals surface area contributed by atoms with Crippen LogP contribution in [0.25, 0.3) is 11.4 Å². The Morgan fingerprint density at radius 1 is 0.800 bits per heavy atom. The van der Waals surface area contributed by atoms with Gasteiger partial charge in [0.2, 0.25) is 5.88 Å². The van der Waals surface area contributed by atoms with Gasteiger partial charge in [0.25, 0.3) is 5.56 Å². The third-order valence-corrected chi connectivity index (χ3v) is 3.71. The average Bonchev–Trinajstić information content (AvgIpc) is 2.61. The van der Waals surface area contributed by atoms with Crippen molar-refractivity contribution in [3.63, 3.8) is 0 Å². The first-order valence-corrected chi connectivity index (χ1v) is 7.42. The van der Waals surface area contributed by atoms with Crippen LogP contribution >= 0.6 is 0 Å². The zero-order valence-electron chi connectivity index (χ0n) is 13.7. The lowest BCUT2D eigenvalue weighted by atomic mass is 10.3. The van der Waals surface area contributed by atoms with E-state index in [0.717, 1.165) is 15.2 Å². The quantitative estimate of drug-likeness (QED) is 0.782. The Hall–Kier alpha value is -3.48. The van der Waals surface area contributed by atoms with Crippen LogP contribution in [0, 0.1) is 0 Å². The highest BCUT2D eigenvalue weighted by atomic mass is 16.5. The molecule has 1 N–H and O–H groups in total. The van der Waals surface area contributed by atoms with Crippen LogP contribution in [0.2, 0.25) is 0 Å². The Kier molecular flexibility index (Phi) is 4.30. The predicted octanol–water partition coefficient (Wildman–Crippen LogP) is 1.71. The molecule has 0 atom stereocenters. The fourth-order valence-electron chi connectivity index (χ4n) is 2.51. The monoisotopic (exact) mass is 340 g/mol. The van der Waals surface area contributed by atoms with Crippen molar-refractivity contribution in [1.29, 1.82) is 0 Å². The van der Waals surface area contributed by atoms with E-state index in [1.165, 1.54) is 14.2 Å². The largest absolute Gasteiger partial charge is 0.497 e. The van der Waals surface area contributed by atoms with E-state index in [9.17, 15) is 14.7 Å². The Bertz CT molecular complexity index is 1040. The molecule has 0 unspecified atom stereocenters. The molecule has 0 bridgehead atoms. The Balaban J connectivity index is 2.28. The summed E-state index contributed by atoms with van der Waals surface area (Å²) in [7, 11) is 2.99. The summed E-state index contributed by atoms with van der Waals surface area (Å²) in [6.07, 6.45) is 0. The van der Waals surface area contributed by atoms with Crippen LogP contribution in [-0.2, 0) is 0 Å². The molecule has 0 saturated heterocycles. The van der Waals surface area contributed by atoms with Crippen LogP contribution in [0.3, 0.4) is 0 Å². The second kappa shape index (κ2) is 6.56. The van der Waals surface area contributed by atoms with Crippen LogP contribution < -0.4 is 20.7 Å². The van der Waals surface area contributed by atoms with E-state index in [1.54, 1.807) is 48.5 Å². The van der Waals surface area contributed by atoms with Gasteiger partial charge in [0.15, 0.2) is 0 Å². The minimum Gasteiger partial charge on any atom is -0.497 e. The van der Waals surface area contributed by atoms with Gasteiger partial charge >= 0.3 is 5.69 Å². The topological polar surface area (TPSA) is 82.7 Å². The van der Waals surface area contributed by atoms with Crippen molar-refractivity contribution >= 4 is 0 Å². The Labute approximate surface area is 142 Å². The molecule has 0 radical (unpaired) electrons. The maximum atomic E-state index is 12.9. The third kappa shape index (κ3) is 2.99. The number of rotatable bonds is 4. The number of ether oxygens (including phenoxy) is 2. The number of aromatic nitrogens is 2. The molecular formula is C18H16N2O5. The van der Waals surface area contributed by atoms with Crippen LogP contribution in [-0.4, -0.2) is 28.5 Å². The van der Waals surface area contributed by atoms with Crippen molar-refractivity contribution < 1.29 is 14.6 Å².